The first-order valence-corrected chi connectivity index (χ1v) is 10.4. The number of nitrogens with zero attached hydrogens (tertiary/aromatic N) is 4. The van der Waals surface area contributed by atoms with Crippen molar-refractivity contribution < 1.29 is 0 Å². The van der Waals surface area contributed by atoms with Crippen LogP contribution in [0.4, 0.5) is 0 Å². The smallest absolute Gasteiger partial charge is 0.191 e. The highest BCUT2D eigenvalue weighted by molar-refractivity contribution is 7.11. The minimum atomic E-state index is 0.0371. The van der Waals surface area contributed by atoms with Crippen molar-refractivity contribution in [2.24, 2.45) is 4.99 Å². The van der Waals surface area contributed by atoms with Gasteiger partial charge in [0.1, 0.15) is 0 Å². The summed E-state index contributed by atoms with van der Waals surface area (Å²) >= 11 is 7.79. The van der Waals surface area contributed by atoms with Gasteiger partial charge in [0.2, 0.25) is 0 Å². The minimum Gasteiger partial charge on any atom is -0.356 e. The Morgan fingerprint density at radius 2 is 2.04 bits per heavy atom. The molecule has 1 aromatic carbocycles. The lowest BCUT2D eigenvalue weighted by molar-refractivity contribution is 0.511. The molecule has 148 valence electrons. The molecule has 3 aromatic rings. The number of benzene rings is 1. The highest BCUT2D eigenvalue weighted by Gasteiger charge is 2.15. The summed E-state index contributed by atoms with van der Waals surface area (Å²) in [6, 6.07) is 9.82. The molecule has 2 heterocycles. The van der Waals surface area contributed by atoms with Gasteiger partial charge in [-0.2, -0.15) is 5.10 Å². The van der Waals surface area contributed by atoms with Crippen LogP contribution in [0, 0.1) is 13.8 Å². The van der Waals surface area contributed by atoms with Gasteiger partial charge in [-0.15, -0.1) is 11.3 Å². The Bertz CT molecular complexity index is 882. The van der Waals surface area contributed by atoms with E-state index in [1.807, 2.05) is 41.2 Å². The first-order valence-electron chi connectivity index (χ1n) is 9.19. The molecule has 8 heteroatoms. The van der Waals surface area contributed by atoms with Crippen molar-refractivity contribution in [2.45, 2.75) is 26.3 Å². The Hall–Kier alpha value is -2.38. The fourth-order valence-electron chi connectivity index (χ4n) is 2.86. The fraction of sp³-hybridized carbons (Fsp3) is 0.350. The summed E-state index contributed by atoms with van der Waals surface area (Å²) in [4.78, 5) is 10.2. The molecule has 0 aliphatic rings. The molecule has 0 amide bonds. The molecular weight excluding hydrogens is 392 g/mol. The van der Waals surface area contributed by atoms with Crippen LogP contribution in [-0.4, -0.2) is 40.9 Å². The molecule has 0 aliphatic heterocycles. The van der Waals surface area contributed by atoms with Crippen LogP contribution in [-0.2, 0) is 6.42 Å². The largest absolute Gasteiger partial charge is 0.356 e. The van der Waals surface area contributed by atoms with Crippen LogP contribution in [0.1, 0.15) is 27.2 Å². The normalized spacial score (nSPS) is 12.8. The van der Waals surface area contributed by atoms with Crippen molar-refractivity contribution in [3.05, 3.63) is 68.9 Å². The summed E-state index contributed by atoms with van der Waals surface area (Å²) in [6.07, 6.45) is 4.62. The van der Waals surface area contributed by atoms with Crippen molar-refractivity contribution in [1.82, 2.24) is 25.4 Å². The molecule has 3 rings (SSSR count). The predicted octanol–water partition coefficient (Wildman–Crippen LogP) is 3.61. The maximum Gasteiger partial charge on any atom is 0.191 e. The van der Waals surface area contributed by atoms with E-state index in [-0.39, 0.29) is 6.04 Å². The summed E-state index contributed by atoms with van der Waals surface area (Å²) in [7, 11) is 1.78. The zero-order chi connectivity index (χ0) is 19.9. The number of aliphatic imine (C=N–C) groups is 1. The lowest BCUT2D eigenvalue weighted by Gasteiger charge is -2.20. The van der Waals surface area contributed by atoms with Gasteiger partial charge in [0, 0.05) is 48.9 Å². The standard InChI is InChI=1S/C20H25ClN6S/c1-14-15(2)28-19(26-14)9-11-23-20(22-3)24-13-18(27-12-4-10-25-27)16-5-7-17(21)8-6-16/h4-8,10,12,18H,9,11,13H2,1-3H3,(H2,22,23,24). The van der Waals surface area contributed by atoms with Gasteiger partial charge in [-0.1, -0.05) is 23.7 Å². The Labute approximate surface area is 174 Å². The number of halogens is 1. The average molecular weight is 417 g/mol. The summed E-state index contributed by atoms with van der Waals surface area (Å²) in [5.74, 6) is 0.760. The molecule has 0 spiro atoms. The highest BCUT2D eigenvalue weighted by atomic mass is 35.5. The van der Waals surface area contributed by atoms with E-state index >= 15 is 0 Å². The number of hydrogen-bond donors (Lipinski definition) is 2. The molecule has 0 bridgehead atoms. The molecule has 1 atom stereocenters. The second-order valence-corrected chi connectivity index (χ2v) is 8.16. The quantitative estimate of drug-likeness (QED) is 0.456. The van der Waals surface area contributed by atoms with Crippen LogP contribution >= 0.6 is 22.9 Å². The third-order valence-electron chi connectivity index (χ3n) is 4.49. The van der Waals surface area contributed by atoms with Crippen molar-refractivity contribution in [2.75, 3.05) is 20.1 Å². The van der Waals surface area contributed by atoms with Gasteiger partial charge in [0.25, 0.3) is 0 Å². The van der Waals surface area contributed by atoms with Crippen LogP contribution in [0.5, 0.6) is 0 Å². The molecule has 0 saturated carbocycles. The maximum absolute atomic E-state index is 6.04. The Kier molecular flexibility index (Phi) is 7.06. The summed E-state index contributed by atoms with van der Waals surface area (Å²) < 4.78 is 1.94. The SMILES string of the molecule is CN=C(NCCc1nc(C)c(C)s1)NCC(c1ccc(Cl)cc1)n1cccn1. The second kappa shape index (κ2) is 9.71. The van der Waals surface area contributed by atoms with Gasteiger partial charge < -0.3 is 10.6 Å². The molecule has 2 aromatic heterocycles. The molecular formula is C20H25ClN6S. The average Bonchev–Trinajstić information content (AvgIpc) is 3.32. The Balaban J connectivity index is 1.58. The van der Waals surface area contributed by atoms with Gasteiger partial charge in [-0.25, -0.2) is 4.98 Å². The second-order valence-electron chi connectivity index (χ2n) is 6.43. The molecule has 28 heavy (non-hydrogen) atoms. The Morgan fingerprint density at radius 3 is 2.64 bits per heavy atom. The highest BCUT2D eigenvalue weighted by Crippen LogP contribution is 2.19. The summed E-state index contributed by atoms with van der Waals surface area (Å²) in [5.41, 5.74) is 2.25. The van der Waals surface area contributed by atoms with E-state index in [0.717, 1.165) is 40.2 Å². The van der Waals surface area contributed by atoms with Gasteiger partial charge in [0.15, 0.2) is 5.96 Å². The predicted molar refractivity (Wildman–Crippen MR) is 116 cm³/mol. The maximum atomic E-state index is 6.04. The molecule has 1 unspecified atom stereocenters. The van der Waals surface area contributed by atoms with Crippen molar-refractivity contribution in [3.8, 4) is 0 Å². The number of aryl methyl sites for hydroxylation is 2. The third-order valence-corrected chi connectivity index (χ3v) is 5.87. The van der Waals surface area contributed by atoms with Gasteiger partial charge >= 0.3 is 0 Å². The number of rotatable bonds is 7. The monoisotopic (exact) mass is 416 g/mol. The Morgan fingerprint density at radius 1 is 1.25 bits per heavy atom. The third kappa shape index (κ3) is 5.33. The summed E-state index contributed by atoms with van der Waals surface area (Å²) in [5, 5.41) is 13.0. The molecule has 0 saturated heterocycles. The number of nitrogens with one attached hydrogen (secondary N) is 2. The molecule has 0 fully saturated rings. The fourth-order valence-corrected chi connectivity index (χ4v) is 3.92. The van der Waals surface area contributed by atoms with Crippen molar-refractivity contribution >= 4 is 28.9 Å². The van der Waals surface area contributed by atoms with Crippen LogP contribution in [0.2, 0.25) is 5.02 Å². The van der Waals surface area contributed by atoms with E-state index in [9.17, 15) is 0 Å². The number of aromatic nitrogens is 3. The number of thiazole rings is 1. The lowest BCUT2D eigenvalue weighted by atomic mass is 10.1. The van der Waals surface area contributed by atoms with Crippen LogP contribution in [0.3, 0.4) is 0 Å². The van der Waals surface area contributed by atoms with Crippen LogP contribution < -0.4 is 10.6 Å². The van der Waals surface area contributed by atoms with E-state index in [4.69, 9.17) is 11.6 Å². The molecule has 6 nitrogen and oxygen atoms in total. The number of guanidine groups is 1. The van der Waals surface area contributed by atoms with E-state index < -0.39 is 0 Å². The number of hydrogen-bond acceptors (Lipinski definition) is 4. The molecule has 0 radical (unpaired) electrons. The molecule has 0 aliphatic carbocycles. The minimum absolute atomic E-state index is 0.0371. The van der Waals surface area contributed by atoms with Crippen LogP contribution in [0.15, 0.2) is 47.7 Å². The van der Waals surface area contributed by atoms with E-state index in [2.05, 4.69) is 39.6 Å². The first-order chi connectivity index (χ1) is 13.6. The van der Waals surface area contributed by atoms with Crippen molar-refractivity contribution in [1.29, 1.82) is 0 Å². The van der Waals surface area contributed by atoms with Gasteiger partial charge in [0.05, 0.1) is 16.7 Å². The zero-order valence-electron chi connectivity index (χ0n) is 16.3. The van der Waals surface area contributed by atoms with Gasteiger partial charge in [-0.05, 0) is 37.6 Å². The van der Waals surface area contributed by atoms with Crippen LogP contribution in [0.25, 0.3) is 0 Å². The van der Waals surface area contributed by atoms with Crippen molar-refractivity contribution in [3.63, 3.8) is 0 Å². The van der Waals surface area contributed by atoms with Gasteiger partial charge in [-0.3, -0.25) is 9.67 Å². The van der Waals surface area contributed by atoms with E-state index in [0.29, 0.717) is 6.54 Å². The van der Waals surface area contributed by atoms with E-state index in [1.54, 1.807) is 24.6 Å². The molecule has 2 N–H and O–H groups in total. The topological polar surface area (TPSA) is 67.1 Å². The van der Waals surface area contributed by atoms with E-state index in [1.165, 1.54) is 4.88 Å². The zero-order valence-corrected chi connectivity index (χ0v) is 17.9. The lowest BCUT2D eigenvalue weighted by Crippen LogP contribution is -2.41. The first kappa shape index (κ1) is 20.4. The summed E-state index contributed by atoms with van der Waals surface area (Å²) in [6.45, 7) is 5.59.